The number of allylic oxidation sites excluding steroid dienone is 2. The van der Waals surface area contributed by atoms with Gasteiger partial charge in [-0.3, -0.25) is 14.5 Å². The monoisotopic (exact) mass is 452 g/mol. The van der Waals surface area contributed by atoms with E-state index in [2.05, 4.69) is 36.2 Å². The van der Waals surface area contributed by atoms with E-state index in [1.54, 1.807) is 19.2 Å². The summed E-state index contributed by atoms with van der Waals surface area (Å²) in [7, 11) is 1.54. The van der Waals surface area contributed by atoms with Crippen LogP contribution in [0, 0.1) is 5.92 Å². The maximum absolute atomic E-state index is 12.2. The van der Waals surface area contributed by atoms with Gasteiger partial charge in [-0.05, 0) is 68.8 Å². The van der Waals surface area contributed by atoms with E-state index in [-0.39, 0.29) is 24.3 Å². The summed E-state index contributed by atoms with van der Waals surface area (Å²) in [6, 6.07) is 5.37. The van der Waals surface area contributed by atoms with Crippen molar-refractivity contribution in [3.8, 4) is 11.5 Å². The number of amides is 1. The smallest absolute Gasteiger partial charge is 0.325 e. The SMILES string of the molecule is COc1cc(CNC(=O)CCCC/C=C/C(C)C)ccc1OC(=O)CN1CCCC1.Cl. The number of ether oxygens (including phenoxy) is 2. The van der Waals surface area contributed by atoms with Crippen LogP contribution >= 0.6 is 12.4 Å². The summed E-state index contributed by atoms with van der Waals surface area (Å²) in [6.45, 7) is 6.92. The Morgan fingerprint density at radius 2 is 1.90 bits per heavy atom. The van der Waals surface area contributed by atoms with Crippen molar-refractivity contribution in [1.29, 1.82) is 0 Å². The lowest BCUT2D eigenvalue weighted by Crippen LogP contribution is -2.29. The predicted molar refractivity (Wildman–Crippen MR) is 126 cm³/mol. The third-order valence-corrected chi connectivity index (χ3v) is 5.04. The molecule has 0 saturated carbocycles. The Balaban J connectivity index is 0.00000480. The third kappa shape index (κ3) is 10.7. The van der Waals surface area contributed by atoms with Gasteiger partial charge < -0.3 is 14.8 Å². The van der Waals surface area contributed by atoms with Crippen LogP contribution in [-0.2, 0) is 16.1 Å². The van der Waals surface area contributed by atoms with Crippen LogP contribution in [0.1, 0.15) is 57.9 Å². The van der Waals surface area contributed by atoms with Gasteiger partial charge >= 0.3 is 5.97 Å². The highest BCUT2D eigenvalue weighted by Crippen LogP contribution is 2.28. The number of hydrogen-bond acceptors (Lipinski definition) is 5. The van der Waals surface area contributed by atoms with Crippen LogP contribution in [0.4, 0.5) is 0 Å². The van der Waals surface area contributed by atoms with Crippen LogP contribution in [0.5, 0.6) is 11.5 Å². The molecule has 1 aliphatic heterocycles. The number of benzene rings is 1. The summed E-state index contributed by atoms with van der Waals surface area (Å²) in [6.07, 6.45) is 10.1. The fraction of sp³-hybridized carbons (Fsp3) is 0.583. The van der Waals surface area contributed by atoms with Gasteiger partial charge in [0.25, 0.3) is 0 Å². The largest absolute Gasteiger partial charge is 0.493 e. The molecule has 1 aromatic carbocycles. The number of rotatable bonds is 12. The van der Waals surface area contributed by atoms with Gasteiger partial charge in [0, 0.05) is 13.0 Å². The van der Waals surface area contributed by atoms with Crippen LogP contribution in [0.3, 0.4) is 0 Å². The average Bonchev–Trinajstić information content (AvgIpc) is 3.22. The molecule has 1 saturated heterocycles. The summed E-state index contributed by atoms with van der Waals surface area (Å²) in [5.41, 5.74) is 0.902. The Hall–Kier alpha value is -2.05. The van der Waals surface area contributed by atoms with Crippen molar-refractivity contribution in [2.45, 2.75) is 58.9 Å². The maximum atomic E-state index is 12.2. The van der Waals surface area contributed by atoms with E-state index >= 15 is 0 Å². The number of carbonyl (C=O) groups excluding carboxylic acids is 2. The zero-order chi connectivity index (χ0) is 21.8. The van der Waals surface area contributed by atoms with Crippen molar-refractivity contribution < 1.29 is 19.1 Å². The highest BCUT2D eigenvalue weighted by atomic mass is 35.5. The van der Waals surface area contributed by atoms with E-state index in [0.717, 1.165) is 50.8 Å². The van der Waals surface area contributed by atoms with E-state index in [9.17, 15) is 9.59 Å². The quantitative estimate of drug-likeness (QED) is 0.219. The first-order chi connectivity index (χ1) is 14.5. The van der Waals surface area contributed by atoms with Gasteiger partial charge in [-0.1, -0.05) is 32.1 Å². The van der Waals surface area contributed by atoms with Crippen molar-refractivity contribution in [2.24, 2.45) is 5.92 Å². The fourth-order valence-corrected chi connectivity index (χ4v) is 3.39. The number of methoxy groups -OCH3 is 1. The second-order valence-corrected chi connectivity index (χ2v) is 8.14. The molecule has 7 heteroatoms. The second kappa shape index (κ2) is 14.9. The van der Waals surface area contributed by atoms with E-state index < -0.39 is 0 Å². The molecule has 1 N–H and O–H groups in total. The number of carbonyl (C=O) groups is 2. The van der Waals surface area contributed by atoms with E-state index in [0.29, 0.717) is 36.9 Å². The van der Waals surface area contributed by atoms with Gasteiger partial charge in [0.1, 0.15) is 0 Å². The first kappa shape index (κ1) is 27.0. The minimum absolute atomic E-state index is 0. The molecule has 0 atom stereocenters. The highest BCUT2D eigenvalue weighted by molar-refractivity contribution is 5.85. The molecule has 0 aliphatic carbocycles. The number of unbranched alkanes of at least 4 members (excludes halogenated alkanes) is 2. The van der Waals surface area contributed by atoms with Crippen LogP contribution in [-0.4, -0.2) is 43.5 Å². The van der Waals surface area contributed by atoms with Gasteiger partial charge in [0.05, 0.1) is 13.7 Å². The lowest BCUT2D eigenvalue weighted by atomic mass is 10.1. The topological polar surface area (TPSA) is 67.9 Å². The molecule has 174 valence electrons. The summed E-state index contributed by atoms with van der Waals surface area (Å²) >= 11 is 0. The molecular weight excluding hydrogens is 416 g/mol. The number of halogens is 1. The fourth-order valence-electron chi connectivity index (χ4n) is 3.39. The average molecular weight is 453 g/mol. The molecule has 0 unspecified atom stereocenters. The molecule has 2 rings (SSSR count). The van der Waals surface area contributed by atoms with Gasteiger partial charge in [0.2, 0.25) is 5.91 Å². The normalized spacial score (nSPS) is 13.9. The van der Waals surface area contributed by atoms with Gasteiger partial charge in [-0.15, -0.1) is 12.4 Å². The lowest BCUT2D eigenvalue weighted by Gasteiger charge is -2.15. The molecule has 1 heterocycles. The number of likely N-dealkylation sites (tertiary alicyclic amines) is 1. The highest BCUT2D eigenvalue weighted by Gasteiger charge is 2.18. The maximum Gasteiger partial charge on any atom is 0.325 e. The van der Waals surface area contributed by atoms with Gasteiger partial charge in [-0.2, -0.15) is 0 Å². The second-order valence-electron chi connectivity index (χ2n) is 8.14. The van der Waals surface area contributed by atoms with Gasteiger partial charge in [0.15, 0.2) is 11.5 Å². The lowest BCUT2D eigenvalue weighted by molar-refractivity contribution is -0.135. The first-order valence-electron chi connectivity index (χ1n) is 11.0. The Morgan fingerprint density at radius 1 is 1.16 bits per heavy atom. The zero-order valence-electron chi connectivity index (χ0n) is 19.0. The number of hydrogen-bond donors (Lipinski definition) is 1. The standard InChI is InChI=1S/C24H36N2O4.ClH/c1-19(2)10-6-4-5-7-11-23(27)25-17-20-12-13-21(22(16-20)29-3)30-24(28)18-26-14-8-9-15-26;/h6,10,12-13,16,19H,4-5,7-9,11,14-15,17-18H2,1-3H3,(H,25,27);1H/b10-6+;. The Morgan fingerprint density at radius 3 is 2.58 bits per heavy atom. The number of esters is 1. The minimum atomic E-state index is -0.278. The van der Waals surface area contributed by atoms with E-state index in [1.807, 2.05) is 6.07 Å². The molecule has 1 fully saturated rings. The Kier molecular flexibility index (Phi) is 12.9. The summed E-state index contributed by atoms with van der Waals surface area (Å²) in [5.74, 6) is 1.24. The van der Waals surface area contributed by atoms with Gasteiger partial charge in [-0.25, -0.2) is 0 Å². The minimum Gasteiger partial charge on any atom is -0.493 e. The van der Waals surface area contributed by atoms with Crippen LogP contribution in [0.2, 0.25) is 0 Å². The summed E-state index contributed by atoms with van der Waals surface area (Å²) < 4.78 is 10.9. The summed E-state index contributed by atoms with van der Waals surface area (Å²) in [4.78, 5) is 26.3. The number of nitrogens with one attached hydrogen (secondary N) is 1. The van der Waals surface area contributed by atoms with Crippen LogP contribution in [0.15, 0.2) is 30.4 Å². The van der Waals surface area contributed by atoms with Crippen LogP contribution < -0.4 is 14.8 Å². The molecule has 0 aromatic heterocycles. The molecule has 0 bridgehead atoms. The Labute approximate surface area is 192 Å². The molecule has 6 nitrogen and oxygen atoms in total. The molecule has 0 radical (unpaired) electrons. The van der Waals surface area contributed by atoms with Crippen molar-refractivity contribution in [3.63, 3.8) is 0 Å². The van der Waals surface area contributed by atoms with Crippen molar-refractivity contribution >= 4 is 24.3 Å². The molecule has 0 spiro atoms. The number of nitrogens with zero attached hydrogens (tertiary/aromatic N) is 1. The van der Waals surface area contributed by atoms with E-state index in [1.165, 1.54) is 0 Å². The molecular formula is C24H37ClN2O4. The Bertz CT molecular complexity index is 716. The molecule has 1 amide bonds. The molecule has 1 aliphatic rings. The van der Waals surface area contributed by atoms with E-state index in [4.69, 9.17) is 9.47 Å². The van der Waals surface area contributed by atoms with Crippen LogP contribution in [0.25, 0.3) is 0 Å². The first-order valence-corrected chi connectivity index (χ1v) is 11.0. The predicted octanol–water partition coefficient (Wildman–Crippen LogP) is 4.51. The zero-order valence-corrected chi connectivity index (χ0v) is 19.8. The molecule has 1 aromatic rings. The summed E-state index contributed by atoms with van der Waals surface area (Å²) in [5, 5.41) is 2.94. The van der Waals surface area contributed by atoms with Crippen molar-refractivity contribution in [3.05, 3.63) is 35.9 Å². The van der Waals surface area contributed by atoms with Crippen molar-refractivity contribution in [2.75, 3.05) is 26.7 Å². The third-order valence-electron chi connectivity index (χ3n) is 5.04. The van der Waals surface area contributed by atoms with Crippen molar-refractivity contribution in [1.82, 2.24) is 10.2 Å². The molecule has 31 heavy (non-hydrogen) atoms.